The highest BCUT2D eigenvalue weighted by atomic mass is 31.2. The zero-order valence-corrected chi connectivity index (χ0v) is 53.5. The summed E-state index contributed by atoms with van der Waals surface area (Å²) in [6.07, 6.45) is 80.0. The third kappa shape index (κ3) is 65.5. The minimum absolute atomic E-state index is 0.0575. The molecule has 9 nitrogen and oxygen atoms in total. The topological polar surface area (TPSA) is 134 Å². The molecule has 0 aromatic rings. The molecule has 0 heterocycles. The number of carbonyl (C=O) groups is 2. The number of phosphoric acid groups is 1. The van der Waals surface area contributed by atoms with Gasteiger partial charge in [-0.2, -0.15) is 0 Å². The average molecular weight is 1140 g/mol. The van der Waals surface area contributed by atoms with E-state index in [4.69, 9.17) is 24.3 Å². The molecule has 0 radical (unpaired) electrons. The van der Waals surface area contributed by atoms with Crippen LogP contribution in [-0.4, -0.2) is 49.3 Å². The number of hydrogen-bond donors (Lipinski definition) is 2. The van der Waals surface area contributed by atoms with E-state index in [-0.39, 0.29) is 38.6 Å². The quantitative estimate of drug-likeness (QED) is 0.0264. The van der Waals surface area contributed by atoms with Crippen LogP contribution in [0.1, 0.15) is 373 Å². The highest BCUT2D eigenvalue weighted by Crippen LogP contribution is 2.43. The lowest BCUT2D eigenvalue weighted by atomic mass is 10.0. The van der Waals surface area contributed by atoms with Crippen LogP contribution in [0, 0.1) is 0 Å². The summed E-state index contributed by atoms with van der Waals surface area (Å²) in [6.45, 7) is 3.81. The molecule has 0 saturated heterocycles. The minimum Gasteiger partial charge on any atom is -0.462 e. The summed E-state index contributed by atoms with van der Waals surface area (Å²) in [5.74, 6) is -0.802. The van der Waals surface area contributed by atoms with Crippen molar-refractivity contribution >= 4 is 19.8 Å². The zero-order chi connectivity index (χ0) is 57.3. The number of unbranched alkanes of at least 4 members (excludes halogenated alkanes) is 50. The van der Waals surface area contributed by atoms with Gasteiger partial charge in [-0.15, -0.1) is 0 Å². The van der Waals surface area contributed by atoms with Gasteiger partial charge in [-0.25, -0.2) is 4.57 Å². The molecule has 0 aliphatic heterocycles. The van der Waals surface area contributed by atoms with Crippen LogP contribution in [0.4, 0.5) is 0 Å². The van der Waals surface area contributed by atoms with Gasteiger partial charge in [0.25, 0.3) is 0 Å². The van der Waals surface area contributed by atoms with Crippen LogP contribution >= 0.6 is 7.82 Å². The van der Waals surface area contributed by atoms with Crippen LogP contribution in [0.3, 0.4) is 0 Å². The number of allylic oxidation sites excluding steroid dienone is 4. The van der Waals surface area contributed by atoms with E-state index in [1.807, 2.05) is 0 Å². The summed E-state index contributed by atoms with van der Waals surface area (Å²) in [4.78, 5) is 35.3. The molecule has 0 aliphatic carbocycles. The highest BCUT2D eigenvalue weighted by Gasteiger charge is 2.26. The van der Waals surface area contributed by atoms with Crippen molar-refractivity contribution in [3.8, 4) is 0 Å². The SMILES string of the molecule is CCCCCCC/C=C\C/C=C\CCCCCCCCCCCCCCCCCCCCCCCCCCCC(=O)OC(COC(=O)CCCCCCCCCCCCCCCCCCCCCCC)COP(=O)(O)OCCN. The lowest BCUT2D eigenvalue weighted by Crippen LogP contribution is -2.29. The van der Waals surface area contributed by atoms with Crippen molar-refractivity contribution in [1.29, 1.82) is 0 Å². The zero-order valence-electron chi connectivity index (χ0n) is 52.6. The Kier molecular flexibility index (Phi) is 64.4. The molecule has 10 heteroatoms. The Hall–Kier alpha value is -1.51. The molecule has 2 atom stereocenters. The monoisotopic (exact) mass is 1140 g/mol. The Labute approximate surface area is 491 Å². The predicted molar refractivity (Wildman–Crippen MR) is 340 cm³/mol. The first kappa shape index (κ1) is 77.5. The fourth-order valence-electron chi connectivity index (χ4n) is 10.7. The molecule has 0 amide bonds. The smallest absolute Gasteiger partial charge is 0.462 e. The molecule has 0 bridgehead atoms. The molecule has 0 rings (SSSR count). The third-order valence-electron chi connectivity index (χ3n) is 15.8. The number of carbonyl (C=O) groups excluding carboxylic acids is 2. The number of rotatable bonds is 67. The fourth-order valence-corrected chi connectivity index (χ4v) is 11.4. The number of ether oxygens (including phenoxy) is 2. The average Bonchev–Trinajstić information content (AvgIpc) is 3.44. The highest BCUT2D eigenvalue weighted by molar-refractivity contribution is 7.47. The molecule has 79 heavy (non-hydrogen) atoms. The van der Waals surface area contributed by atoms with Crippen LogP contribution in [0.5, 0.6) is 0 Å². The van der Waals surface area contributed by atoms with Crippen molar-refractivity contribution in [3.05, 3.63) is 24.3 Å². The summed E-state index contributed by atoms with van der Waals surface area (Å²) >= 11 is 0. The molecule has 3 N–H and O–H groups in total. The van der Waals surface area contributed by atoms with Crippen LogP contribution in [0.25, 0.3) is 0 Å². The van der Waals surface area contributed by atoms with Gasteiger partial charge in [-0.1, -0.05) is 340 Å². The summed E-state index contributed by atoms with van der Waals surface area (Å²) in [5.41, 5.74) is 5.40. The van der Waals surface area contributed by atoms with E-state index < -0.39 is 26.5 Å². The Morgan fingerprint density at radius 1 is 0.380 bits per heavy atom. The Morgan fingerprint density at radius 3 is 0.962 bits per heavy atom. The molecule has 2 unspecified atom stereocenters. The van der Waals surface area contributed by atoms with Gasteiger partial charge in [0.2, 0.25) is 0 Å². The van der Waals surface area contributed by atoms with E-state index in [0.717, 1.165) is 38.5 Å². The first-order chi connectivity index (χ1) is 38.8. The molecule has 0 aromatic carbocycles. The standard InChI is InChI=1S/C69H134NO8P/c1-3-5-7-9-11-13-15-17-19-21-23-25-26-27-28-29-30-31-32-33-34-35-36-37-38-39-40-42-44-46-48-50-52-54-56-58-60-62-69(72)78-67(66-77-79(73,74)76-64-63-70)65-75-68(71)61-59-57-55-53-51-49-47-45-43-41-24-22-20-18-16-14-12-10-8-6-4-2/h15,17,21,23,67H,3-14,16,18-20,22,24-66,70H2,1-2H3,(H,73,74)/b17-15-,23-21-. The van der Waals surface area contributed by atoms with Gasteiger partial charge >= 0.3 is 19.8 Å². The van der Waals surface area contributed by atoms with E-state index in [9.17, 15) is 19.0 Å². The second-order valence-corrected chi connectivity index (χ2v) is 25.2. The second kappa shape index (κ2) is 65.6. The number of hydrogen-bond acceptors (Lipinski definition) is 8. The van der Waals surface area contributed by atoms with Gasteiger partial charge in [-0.05, 0) is 44.9 Å². The summed E-state index contributed by atoms with van der Waals surface area (Å²) in [6, 6.07) is 0. The predicted octanol–water partition coefficient (Wildman–Crippen LogP) is 22.5. The van der Waals surface area contributed by atoms with Crippen LogP contribution in [-0.2, 0) is 32.7 Å². The molecule has 468 valence electrons. The Morgan fingerprint density at radius 2 is 0.658 bits per heavy atom. The maximum atomic E-state index is 12.8. The van der Waals surface area contributed by atoms with Crippen molar-refractivity contribution in [2.24, 2.45) is 5.73 Å². The fraction of sp³-hybridized carbons (Fsp3) is 0.913. The molecule has 0 spiro atoms. The molecular weight excluding hydrogens is 1000 g/mol. The number of nitrogens with two attached hydrogens (primary N) is 1. The molecular formula is C69H134NO8P. The molecule has 0 aromatic heterocycles. The summed E-state index contributed by atoms with van der Waals surface area (Å²) in [5, 5.41) is 0. The van der Waals surface area contributed by atoms with Gasteiger partial charge in [0, 0.05) is 19.4 Å². The van der Waals surface area contributed by atoms with Crippen molar-refractivity contribution in [3.63, 3.8) is 0 Å². The van der Waals surface area contributed by atoms with Gasteiger partial charge in [-0.3, -0.25) is 18.6 Å². The van der Waals surface area contributed by atoms with Crippen LogP contribution in [0.2, 0.25) is 0 Å². The number of phosphoric ester groups is 1. The Balaban J connectivity index is 3.77. The van der Waals surface area contributed by atoms with E-state index in [2.05, 4.69) is 38.2 Å². The van der Waals surface area contributed by atoms with Crippen molar-refractivity contribution in [2.75, 3.05) is 26.4 Å². The van der Waals surface area contributed by atoms with Crippen molar-refractivity contribution in [2.45, 2.75) is 380 Å². The summed E-state index contributed by atoms with van der Waals surface area (Å²) in [7, 11) is -4.39. The van der Waals surface area contributed by atoms with Crippen LogP contribution in [0.15, 0.2) is 24.3 Å². The maximum absolute atomic E-state index is 12.8. The first-order valence-corrected chi connectivity index (χ1v) is 36.3. The van der Waals surface area contributed by atoms with Crippen LogP contribution < -0.4 is 5.73 Å². The normalized spacial score (nSPS) is 13.0. The largest absolute Gasteiger partial charge is 0.472 e. The van der Waals surface area contributed by atoms with Crippen molar-refractivity contribution < 1.29 is 37.6 Å². The second-order valence-electron chi connectivity index (χ2n) is 23.8. The van der Waals surface area contributed by atoms with Gasteiger partial charge in [0.05, 0.1) is 13.2 Å². The van der Waals surface area contributed by atoms with Gasteiger partial charge in [0.1, 0.15) is 6.61 Å². The molecule has 0 saturated carbocycles. The Bertz CT molecular complexity index is 1340. The third-order valence-corrected chi connectivity index (χ3v) is 16.8. The van der Waals surface area contributed by atoms with E-state index >= 15 is 0 Å². The minimum atomic E-state index is -4.39. The molecule has 0 aliphatic rings. The van der Waals surface area contributed by atoms with Gasteiger partial charge < -0.3 is 20.1 Å². The maximum Gasteiger partial charge on any atom is 0.472 e. The van der Waals surface area contributed by atoms with E-state index in [1.165, 1.54) is 302 Å². The molecule has 0 fully saturated rings. The lowest BCUT2D eigenvalue weighted by Gasteiger charge is -2.19. The van der Waals surface area contributed by atoms with E-state index in [0.29, 0.717) is 6.42 Å². The first-order valence-electron chi connectivity index (χ1n) is 34.8. The number of esters is 2. The lowest BCUT2D eigenvalue weighted by molar-refractivity contribution is -0.161. The van der Waals surface area contributed by atoms with E-state index in [1.54, 1.807) is 0 Å². The van der Waals surface area contributed by atoms with Crippen molar-refractivity contribution in [1.82, 2.24) is 0 Å². The summed E-state index contributed by atoms with van der Waals surface area (Å²) < 4.78 is 33.2. The van der Waals surface area contributed by atoms with Gasteiger partial charge in [0.15, 0.2) is 6.10 Å².